The van der Waals surface area contributed by atoms with E-state index in [1.165, 1.54) is 30.3 Å². The molecule has 0 unspecified atom stereocenters. The topological polar surface area (TPSA) is 89.8 Å². The number of benzene rings is 3. The molecule has 0 N–H and O–H groups in total. The molecule has 138 valence electrons. The number of nitrogens with zero attached hydrogens (tertiary/aromatic N) is 2. The van der Waals surface area contributed by atoms with Gasteiger partial charge in [-0.2, -0.15) is 0 Å². The summed E-state index contributed by atoms with van der Waals surface area (Å²) in [6.07, 6.45) is 0. The largest absolute Gasteiger partial charge is 0.457 e. The van der Waals surface area contributed by atoms with Crippen LogP contribution in [0.2, 0.25) is 5.02 Å². The first kappa shape index (κ1) is 17.7. The van der Waals surface area contributed by atoms with Gasteiger partial charge in [-0.05, 0) is 42.5 Å². The lowest BCUT2D eigenvalue weighted by molar-refractivity contribution is -0.384. The number of anilines is 1. The van der Waals surface area contributed by atoms with Gasteiger partial charge < -0.3 is 4.74 Å². The van der Waals surface area contributed by atoms with Gasteiger partial charge in [0.1, 0.15) is 11.5 Å². The van der Waals surface area contributed by atoms with Gasteiger partial charge in [-0.1, -0.05) is 23.7 Å². The summed E-state index contributed by atoms with van der Waals surface area (Å²) in [5.74, 6) is -0.509. The minimum atomic E-state index is -0.606. The Labute approximate surface area is 163 Å². The molecule has 1 aliphatic rings. The highest BCUT2D eigenvalue weighted by atomic mass is 35.5. The van der Waals surface area contributed by atoms with Crippen molar-refractivity contribution in [2.24, 2.45) is 0 Å². The third-order valence-electron chi connectivity index (χ3n) is 4.22. The van der Waals surface area contributed by atoms with Gasteiger partial charge in [0, 0.05) is 17.2 Å². The number of rotatable bonds is 4. The second kappa shape index (κ2) is 6.79. The van der Waals surface area contributed by atoms with E-state index in [0.717, 1.165) is 4.90 Å². The van der Waals surface area contributed by atoms with E-state index in [-0.39, 0.29) is 28.3 Å². The summed E-state index contributed by atoms with van der Waals surface area (Å²) in [6, 6.07) is 16.6. The fourth-order valence-electron chi connectivity index (χ4n) is 2.95. The third-order valence-corrected chi connectivity index (χ3v) is 4.47. The number of nitro benzene ring substituents is 1. The Morgan fingerprint density at radius 2 is 1.64 bits per heavy atom. The van der Waals surface area contributed by atoms with Crippen molar-refractivity contribution in [2.45, 2.75) is 0 Å². The summed E-state index contributed by atoms with van der Waals surface area (Å²) in [5.41, 5.74) is 0.182. The number of imide groups is 1. The third kappa shape index (κ3) is 2.97. The molecule has 1 aliphatic heterocycles. The van der Waals surface area contributed by atoms with Crippen molar-refractivity contribution >= 4 is 34.8 Å². The number of amides is 2. The monoisotopic (exact) mass is 394 g/mol. The number of non-ortho nitro benzene ring substituents is 1. The van der Waals surface area contributed by atoms with Crippen molar-refractivity contribution in [1.29, 1.82) is 0 Å². The van der Waals surface area contributed by atoms with Gasteiger partial charge in [-0.25, -0.2) is 4.90 Å². The molecule has 3 aromatic rings. The number of halogens is 1. The maximum atomic E-state index is 13.0. The molecule has 0 fully saturated rings. The zero-order valence-corrected chi connectivity index (χ0v) is 14.9. The average molecular weight is 395 g/mol. The van der Waals surface area contributed by atoms with Crippen LogP contribution in [0.5, 0.6) is 11.5 Å². The first-order valence-electron chi connectivity index (χ1n) is 8.15. The summed E-state index contributed by atoms with van der Waals surface area (Å²) in [7, 11) is 0. The van der Waals surface area contributed by atoms with Crippen LogP contribution in [0.3, 0.4) is 0 Å². The van der Waals surface area contributed by atoms with Crippen molar-refractivity contribution < 1.29 is 19.2 Å². The van der Waals surface area contributed by atoms with E-state index in [0.29, 0.717) is 10.8 Å². The van der Waals surface area contributed by atoms with Crippen molar-refractivity contribution in [2.75, 3.05) is 4.90 Å². The first-order chi connectivity index (χ1) is 13.5. The van der Waals surface area contributed by atoms with Gasteiger partial charge >= 0.3 is 0 Å². The lowest BCUT2D eigenvalue weighted by atomic mass is 10.1. The molecular weight excluding hydrogens is 384 g/mol. The van der Waals surface area contributed by atoms with E-state index in [1.54, 1.807) is 36.4 Å². The Hall–Kier alpha value is -3.71. The summed E-state index contributed by atoms with van der Waals surface area (Å²) < 4.78 is 5.77. The maximum absolute atomic E-state index is 13.0. The van der Waals surface area contributed by atoms with Crippen LogP contribution in [0, 0.1) is 10.1 Å². The average Bonchev–Trinajstić information content (AvgIpc) is 2.95. The maximum Gasteiger partial charge on any atom is 0.271 e. The summed E-state index contributed by atoms with van der Waals surface area (Å²) in [6.45, 7) is 0. The molecule has 0 aliphatic carbocycles. The Kier molecular flexibility index (Phi) is 4.29. The summed E-state index contributed by atoms with van der Waals surface area (Å²) in [5, 5.41) is 11.6. The molecule has 0 saturated heterocycles. The van der Waals surface area contributed by atoms with Crippen molar-refractivity contribution in [3.8, 4) is 11.5 Å². The molecule has 2 amide bonds. The SMILES string of the molecule is O=C1c2cccc(Oc3ccc(Cl)cc3)c2C(=O)N1c1cccc([N+](=O)[O-])c1. The second-order valence-electron chi connectivity index (χ2n) is 5.96. The zero-order valence-electron chi connectivity index (χ0n) is 14.2. The van der Waals surface area contributed by atoms with Gasteiger partial charge in [0.25, 0.3) is 17.5 Å². The number of hydrogen-bond donors (Lipinski definition) is 0. The lowest BCUT2D eigenvalue weighted by Crippen LogP contribution is -2.29. The fraction of sp³-hybridized carbons (Fsp3) is 0. The van der Waals surface area contributed by atoms with Gasteiger partial charge in [0.2, 0.25) is 0 Å². The van der Waals surface area contributed by atoms with Gasteiger partial charge in [0.15, 0.2) is 0 Å². The Morgan fingerprint density at radius 3 is 2.36 bits per heavy atom. The molecule has 0 bridgehead atoms. The first-order valence-corrected chi connectivity index (χ1v) is 8.53. The standard InChI is InChI=1S/C20H11ClN2O5/c21-12-7-9-15(10-8-12)28-17-6-2-5-16-18(17)20(25)22(19(16)24)13-3-1-4-14(11-13)23(26)27/h1-11H. The highest BCUT2D eigenvalue weighted by Crippen LogP contribution is 2.37. The molecule has 0 spiro atoms. The number of carbonyl (C=O) groups is 2. The Balaban J connectivity index is 1.74. The Bertz CT molecular complexity index is 1130. The number of ether oxygens (including phenoxy) is 1. The lowest BCUT2D eigenvalue weighted by Gasteiger charge is -2.13. The van der Waals surface area contributed by atoms with E-state index in [9.17, 15) is 19.7 Å². The molecule has 4 rings (SSSR count). The van der Waals surface area contributed by atoms with Crippen LogP contribution in [0.15, 0.2) is 66.7 Å². The zero-order chi connectivity index (χ0) is 19.8. The second-order valence-corrected chi connectivity index (χ2v) is 6.39. The molecule has 3 aromatic carbocycles. The van der Waals surface area contributed by atoms with E-state index in [1.807, 2.05) is 0 Å². The molecule has 8 heteroatoms. The summed E-state index contributed by atoms with van der Waals surface area (Å²) in [4.78, 5) is 37.1. The van der Waals surface area contributed by atoms with Crippen LogP contribution < -0.4 is 9.64 Å². The summed E-state index contributed by atoms with van der Waals surface area (Å²) >= 11 is 5.86. The highest BCUT2D eigenvalue weighted by Gasteiger charge is 2.39. The van der Waals surface area contributed by atoms with Crippen LogP contribution in [0.1, 0.15) is 20.7 Å². The molecule has 7 nitrogen and oxygen atoms in total. The molecule has 0 saturated carbocycles. The molecule has 1 heterocycles. The van der Waals surface area contributed by atoms with Crippen LogP contribution in [0.25, 0.3) is 0 Å². The van der Waals surface area contributed by atoms with Crippen LogP contribution >= 0.6 is 11.6 Å². The van der Waals surface area contributed by atoms with Crippen molar-refractivity contribution in [1.82, 2.24) is 0 Å². The van der Waals surface area contributed by atoms with Gasteiger partial charge in [-0.15, -0.1) is 0 Å². The molecule has 28 heavy (non-hydrogen) atoms. The van der Waals surface area contributed by atoms with Crippen LogP contribution in [-0.4, -0.2) is 16.7 Å². The van der Waals surface area contributed by atoms with E-state index >= 15 is 0 Å². The Morgan fingerprint density at radius 1 is 0.929 bits per heavy atom. The molecule has 0 radical (unpaired) electrons. The van der Waals surface area contributed by atoms with Gasteiger partial charge in [0.05, 0.1) is 21.7 Å². The number of nitro groups is 1. The van der Waals surface area contributed by atoms with Crippen LogP contribution in [-0.2, 0) is 0 Å². The van der Waals surface area contributed by atoms with Gasteiger partial charge in [-0.3, -0.25) is 19.7 Å². The minimum Gasteiger partial charge on any atom is -0.457 e. The number of carbonyl (C=O) groups excluding carboxylic acids is 2. The molecule has 0 aromatic heterocycles. The van der Waals surface area contributed by atoms with Crippen molar-refractivity contribution in [3.05, 3.63) is 93.0 Å². The predicted octanol–water partition coefficient (Wildman–Crippen LogP) is 4.84. The predicted molar refractivity (Wildman–Crippen MR) is 102 cm³/mol. The number of hydrogen-bond acceptors (Lipinski definition) is 5. The number of fused-ring (bicyclic) bond motifs is 1. The normalized spacial score (nSPS) is 12.8. The molecular formula is C20H11ClN2O5. The molecule has 0 atom stereocenters. The quantitative estimate of drug-likeness (QED) is 0.359. The van der Waals surface area contributed by atoms with E-state index in [4.69, 9.17) is 16.3 Å². The fourth-order valence-corrected chi connectivity index (χ4v) is 3.08. The van der Waals surface area contributed by atoms with Crippen molar-refractivity contribution in [3.63, 3.8) is 0 Å². The van der Waals surface area contributed by atoms with Crippen LogP contribution in [0.4, 0.5) is 11.4 Å². The minimum absolute atomic E-state index is 0.106. The highest BCUT2D eigenvalue weighted by molar-refractivity contribution is 6.35. The smallest absolute Gasteiger partial charge is 0.271 e. The van der Waals surface area contributed by atoms with E-state index < -0.39 is 16.7 Å². The van der Waals surface area contributed by atoms with E-state index in [2.05, 4.69) is 0 Å².